The van der Waals surface area contributed by atoms with Gasteiger partial charge in [0.2, 0.25) is 0 Å². The smallest absolute Gasteiger partial charge is 0.254 e. The maximum atomic E-state index is 14.0. The van der Waals surface area contributed by atoms with Crippen molar-refractivity contribution in [2.24, 2.45) is 0 Å². The van der Waals surface area contributed by atoms with Crippen LogP contribution in [0.2, 0.25) is 0 Å². The van der Waals surface area contributed by atoms with E-state index in [9.17, 15) is 4.79 Å². The van der Waals surface area contributed by atoms with E-state index in [2.05, 4.69) is 79.6 Å². The first-order chi connectivity index (χ1) is 19.6. The summed E-state index contributed by atoms with van der Waals surface area (Å²) in [4.78, 5) is 20.9. The van der Waals surface area contributed by atoms with Gasteiger partial charge in [0.15, 0.2) is 0 Å². The van der Waals surface area contributed by atoms with E-state index in [0.29, 0.717) is 25.3 Å². The average molecular weight is 606 g/mol. The average Bonchev–Trinajstić information content (AvgIpc) is 3.02. The molecule has 40 heavy (non-hydrogen) atoms. The lowest BCUT2D eigenvalue weighted by Crippen LogP contribution is -2.38. The highest BCUT2D eigenvalue weighted by atomic mass is 79.9. The number of ether oxygens (including phenoxy) is 1. The van der Waals surface area contributed by atoms with Crippen LogP contribution in [0.15, 0.2) is 77.3 Å². The lowest BCUT2D eigenvalue weighted by Gasteiger charge is -2.28. The summed E-state index contributed by atoms with van der Waals surface area (Å²) in [5.74, 6) is 0.794. The molecule has 1 saturated heterocycles. The molecule has 0 bridgehead atoms. The van der Waals surface area contributed by atoms with Gasteiger partial charge in [0.25, 0.3) is 5.91 Å². The number of carbonyl (C=O) groups is 1. The quantitative estimate of drug-likeness (QED) is 0.344. The minimum Gasteiger partial charge on any atom is -0.492 e. The number of benzene rings is 3. The Morgan fingerprint density at radius 3 is 2.50 bits per heavy atom. The number of nitrogens with zero attached hydrogens (tertiary/aromatic N) is 3. The molecule has 3 aromatic carbocycles. The number of halogens is 1. The summed E-state index contributed by atoms with van der Waals surface area (Å²) in [6.07, 6.45) is 4.92. The second-order valence-corrected chi connectivity index (χ2v) is 11.8. The third kappa shape index (κ3) is 8.32. The van der Waals surface area contributed by atoms with Gasteiger partial charge in [0.1, 0.15) is 12.4 Å². The van der Waals surface area contributed by atoms with Crippen LogP contribution < -0.4 is 10.1 Å². The van der Waals surface area contributed by atoms with Crippen molar-refractivity contribution in [3.63, 3.8) is 0 Å². The van der Waals surface area contributed by atoms with Gasteiger partial charge in [0, 0.05) is 61.5 Å². The molecule has 212 valence electrons. The zero-order valence-corrected chi connectivity index (χ0v) is 24.9. The first-order valence-electron chi connectivity index (χ1n) is 14.7. The van der Waals surface area contributed by atoms with Crippen LogP contribution in [0.1, 0.15) is 47.2 Å². The van der Waals surface area contributed by atoms with Gasteiger partial charge >= 0.3 is 0 Å². The molecule has 6 nitrogen and oxygen atoms in total. The summed E-state index contributed by atoms with van der Waals surface area (Å²) < 4.78 is 7.12. The summed E-state index contributed by atoms with van der Waals surface area (Å²) in [6.45, 7) is 8.63. The molecule has 2 heterocycles. The Balaban J connectivity index is 1.31. The Morgan fingerprint density at radius 2 is 1.65 bits per heavy atom. The van der Waals surface area contributed by atoms with Gasteiger partial charge in [-0.15, -0.1) is 0 Å². The van der Waals surface area contributed by atoms with Crippen molar-refractivity contribution in [3.8, 4) is 5.75 Å². The van der Waals surface area contributed by atoms with E-state index in [1.54, 1.807) is 0 Å². The van der Waals surface area contributed by atoms with E-state index in [-0.39, 0.29) is 5.91 Å². The number of anilines is 1. The zero-order valence-electron chi connectivity index (χ0n) is 23.4. The number of hydrogen-bond donors (Lipinski definition) is 1. The zero-order chi connectivity index (χ0) is 27.6. The standard InChI is InChI=1S/C33H41BrN4O2/c34-30-13-14-32-29(23-30)26-38(20-19-37(18-8-15-35-32)25-27-9-3-1-4-10-27)33(39)28-11-7-12-31(24-28)40-22-21-36-16-5-2-6-17-36/h1,3-4,7,9-14,23-24,35H,2,5-6,8,15-22,25-26H2. The van der Waals surface area contributed by atoms with Crippen LogP contribution in [-0.4, -0.2) is 73.0 Å². The second kappa shape index (κ2) is 14.7. The van der Waals surface area contributed by atoms with Gasteiger partial charge in [-0.05, 0) is 79.9 Å². The molecule has 1 N–H and O–H groups in total. The van der Waals surface area contributed by atoms with Gasteiger partial charge in [-0.25, -0.2) is 0 Å². The Kier molecular flexibility index (Phi) is 10.5. The number of fused-ring (bicyclic) bond motifs is 1. The van der Waals surface area contributed by atoms with Gasteiger partial charge in [-0.1, -0.05) is 58.7 Å². The SMILES string of the molecule is O=C(c1cccc(OCCN2CCCCC2)c1)N1CCN(Cc2ccccc2)CCCNc2ccc(Br)cc2C1. The molecule has 0 radical (unpaired) electrons. The fraction of sp³-hybridized carbons (Fsp3) is 0.424. The molecule has 0 saturated carbocycles. The lowest BCUT2D eigenvalue weighted by atomic mass is 10.1. The van der Waals surface area contributed by atoms with E-state index in [0.717, 1.165) is 73.7 Å². The molecule has 3 aromatic rings. The molecule has 1 fully saturated rings. The van der Waals surface area contributed by atoms with Gasteiger partial charge in [-0.2, -0.15) is 0 Å². The predicted octanol–water partition coefficient (Wildman–Crippen LogP) is 6.27. The van der Waals surface area contributed by atoms with Crippen molar-refractivity contribution in [3.05, 3.63) is 94.0 Å². The predicted molar refractivity (Wildman–Crippen MR) is 166 cm³/mol. The highest BCUT2D eigenvalue weighted by molar-refractivity contribution is 9.10. The number of nitrogens with one attached hydrogen (secondary N) is 1. The van der Waals surface area contributed by atoms with E-state index >= 15 is 0 Å². The van der Waals surface area contributed by atoms with Gasteiger partial charge in [-0.3, -0.25) is 14.6 Å². The van der Waals surface area contributed by atoms with Crippen LogP contribution in [0.25, 0.3) is 0 Å². The normalized spacial score (nSPS) is 17.4. The van der Waals surface area contributed by atoms with Crippen LogP contribution in [0.4, 0.5) is 5.69 Å². The summed E-state index contributed by atoms with van der Waals surface area (Å²) >= 11 is 3.64. The largest absolute Gasteiger partial charge is 0.492 e. The Bertz CT molecular complexity index is 1230. The number of hydrogen-bond acceptors (Lipinski definition) is 5. The third-order valence-corrected chi connectivity index (χ3v) is 8.32. The van der Waals surface area contributed by atoms with Crippen LogP contribution in [0, 0.1) is 0 Å². The molecule has 7 heteroatoms. The number of carbonyl (C=O) groups excluding carboxylic acids is 1. The highest BCUT2D eigenvalue weighted by Crippen LogP contribution is 2.25. The summed E-state index contributed by atoms with van der Waals surface area (Å²) in [6, 6.07) is 24.6. The monoisotopic (exact) mass is 604 g/mol. The molecule has 0 unspecified atom stereocenters. The Labute approximate surface area is 247 Å². The van der Waals surface area contributed by atoms with Crippen LogP contribution in [0.5, 0.6) is 5.75 Å². The number of piperidine rings is 1. The van der Waals surface area contributed by atoms with Crippen molar-refractivity contribution < 1.29 is 9.53 Å². The maximum Gasteiger partial charge on any atom is 0.254 e. The van der Waals surface area contributed by atoms with Crippen LogP contribution in [0.3, 0.4) is 0 Å². The lowest BCUT2D eigenvalue weighted by molar-refractivity contribution is 0.0719. The molecule has 0 spiro atoms. The molecule has 2 aliphatic rings. The van der Waals surface area contributed by atoms with Gasteiger partial charge < -0.3 is 15.0 Å². The van der Waals surface area contributed by atoms with Crippen molar-refractivity contribution in [2.75, 3.05) is 57.7 Å². The van der Waals surface area contributed by atoms with Crippen molar-refractivity contribution in [1.29, 1.82) is 0 Å². The van der Waals surface area contributed by atoms with Crippen molar-refractivity contribution in [2.45, 2.75) is 38.8 Å². The molecule has 0 aromatic heterocycles. The number of rotatable bonds is 7. The van der Waals surface area contributed by atoms with Crippen LogP contribution >= 0.6 is 15.9 Å². The van der Waals surface area contributed by atoms with E-state index in [4.69, 9.17) is 4.74 Å². The minimum atomic E-state index is 0.0336. The summed E-state index contributed by atoms with van der Waals surface area (Å²) in [5.41, 5.74) is 4.18. The third-order valence-electron chi connectivity index (χ3n) is 7.82. The van der Waals surface area contributed by atoms with Crippen molar-refractivity contribution in [1.82, 2.24) is 14.7 Å². The van der Waals surface area contributed by atoms with Crippen molar-refractivity contribution >= 4 is 27.5 Å². The molecular weight excluding hydrogens is 564 g/mol. The Morgan fingerprint density at radius 1 is 0.825 bits per heavy atom. The maximum absolute atomic E-state index is 14.0. The fourth-order valence-corrected chi connectivity index (χ4v) is 6.01. The van der Waals surface area contributed by atoms with Gasteiger partial charge in [0.05, 0.1) is 0 Å². The first kappa shape index (κ1) is 28.7. The van der Waals surface area contributed by atoms with E-state index in [1.165, 1.54) is 24.8 Å². The second-order valence-electron chi connectivity index (χ2n) is 10.8. The highest BCUT2D eigenvalue weighted by Gasteiger charge is 2.21. The van der Waals surface area contributed by atoms with Crippen LogP contribution in [-0.2, 0) is 13.1 Å². The minimum absolute atomic E-state index is 0.0336. The molecule has 5 rings (SSSR count). The molecule has 0 atom stereocenters. The topological polar surface area (TPSA) is 48.1 Å². The fourth-order valence-electron chi connectivity index (χ4n) is 5.60. The Hall–Kier alpha value is -2.87. The summed E-state index contributed by atoms with van der Waals surface area (Å²) in [7, 11) is 0. The molecule has 1 amide bonds. The molecular formula is C33H41BrN4O2. The van der Waals surface area contributed by atoms with E-state index < -0.39 is 0 Å². The first-order valence-corrected chi connectivity index (χ1v) is 15.5. The molecule has 2 aliphatic heterocycles. The number of likely N-dealkylation sites (tertiary alicyclic amines) is 1. The summed E-state index contributed by atoms with van der Waals surface area (Å²) in [5, 5.41) is 3.62. The van der Waals surface area contributed by atoms with E-state index in [1.807, 2.05) is 29.2 Å². The number of amides is 1. The molecule has 0 aliphatic carbocycles.